The summed E-state index contributed by atoms with van der Waals surface area (Å²) < 4.78 is 14.0. The third kappa shape index (κ3) is 3.90. The number of hydrogen-bond donors (Lipinski definition) is 1. The lowest BCUT2D eigenvalue weighted by atomic mass is 9.95. The first-order chi connectivity index (χ1) is 11.6. The van der Waals surface area contributed by atoms with Gasteiger partial charge < -0.3 is 14.9 Å². The second-order valence-electron chi connectivity index (χ2n) is 6.90. The van der Waals surface area contributed by atoms with Crippen LogP contribution in [0.4, 0.5) is 4.39 Å². The van der Waals surface area contributed by atoms with Crippen molar-refractivity contribution in [1.82, 2.24) is 9.80 Å². The minimum absolute atomic E-state index is 0.0507. The van der Waals surface area contributed by atoms with Crippen molar-refractivity contribution in [3.63, 3.8) is 0 Å². The number of aliphatic hydroxyl groups excluding tert-OH is 1. The molecule has 1 aromatic carbocycles. The molecule has 2 fully saturated rings. The van der Waals surface area contributed by atoms with Crippen molar-refractivity contribution in [3.8, 4) is 0 Å². The number of hydrogen-bond acceptors (Lipinski definition) is 3. The van der Waals surface area contributed by atoms with Gasteiger partial charge in [-0.2, -0.15) is 0 Å². The summed E-state index contributed by atoms with van der Waals surface area (Å²) in [5.41, 5.74) is 0.0507. The zero-order valence-corrected chi connectivity index (χ0v) is 14.5. The molecule has 2 aliphatic rings. The van der Waals surface area contributed by atoms with Crippen LogP contribution in [-0.4, -0.2) is 60.1 Å². The van der Waals surface area contributed by atoms with Crippen LogP contribution in [0.5, 0.6) is 0 Å². The van der Waals surface area contributed by atoms with Crippen molar-refractivity contribution in [2.24, 2.45) is 11.8 Å². The van der Waals surface area contributed by atoms with E-state index in [2.05, 4.69) is 4.90 Å². The maximum absolute atomic E-state index is 14.0. The van der Waals surface area contributed by atoms with Crippen LogP contribution >= 0.6 is 11.6 Å². The number of amides is 1. The molecule has 0 aromatic heterocycles. The molecule has 0 spiro atoms. The Morgan fingerprint density at radius 2 is 1.92 bits per heavy atom. The zero-order valence-electron chi connectivity index (χ0n) is 13.8. The normalized spacial score (nSPS) is 25.2. The van der Waals surface area contributed by atoms with Gasteiger partial charge in [-0.15, -0.1) is 0 Å². The summed E-state index contributed by atoms with van der Waals surface area (Å²) in [5, 5.41) is 9.96. The summed E-state index contributed by atoms with van der Waals surface area (Å²) in [6, 6.07) is 4.13. The Kier molecular flexibility index (Phi) is 5.74. The van der Waals surface area contributed by atoms with E-state index >= 15 is 0 Å². The fourth-order valence-corrected chi connectivity index (χ4v) is 3.98. The molecule has 1 aromatic rings. The Balaban J connectivity index is 1.67. The monoisotopic (exact) mass is 354 g/mol. The van der Waals surface area contributed by atoms with Crippen LogP contribution in [0.15, 0.2) is 18.2 Å². The van der Waals surface area contributed by atoms with Crippen LogP contribution in [0, 0.1) is 17.7 Å². The number of benzene rings is 1. The standard InChI is InChI=1S/C18H24ClFN2O2/c19-15-4-5-16(17(20)8-15)18(24)22-10-13(14(11-22)12-23)9-21-6-2-1-3-7-21/h4-5,8,13-14,23H,1-3,6-7,9-12H2/t13-,14-/m1/s1. The largest absolute Gasteiger partial charge is 0.396 e. The highest BCUT2D eigenvalue weighted by Crippen LogP contribution is 2.27. The van der Waals surface area contributed by atoms with Gasteiger partial charge in [-0.1, -0.05) is 18.0 Å². The average molecular weight is 355 g/mol. The third-order valence-corrected chi connectivity index (χ3v) is 5.44. The predicted molar refractivity (Wildman–Crippen MR) is 91.7 cm³/mol. The number of halogens is 2. The average Bonchev–Trinajstić information content (AvgIpc) is 2.98. The fraction of sp³-hybridized carbons (Fsp3) is 0.611. The Morgan fingerprint density at radius 3 is 2.58 bits per heavy atom. The number of carbonyl (C=O) groups excluding carboxylic acids is 1. The molecule has 1 N–H and O–H groups in total. The molecule has 0 bridgehead atoms. The van der Waals surface area contributed by atoms with Crippen LogP contribution in [0.3, 0.4) is 0 Å². The SMILES string of the molecule is O=C(c1ccc(Cl)cc1F)N1C[C@@H](CN2CCCCC2)[C@@H](CO)C1. The van der Waals surface area contributed by atoms with Gasteiger partial charge >= 0.3 is 0 Å². The van der Waals surface area contributed by atoms with E-state index in [9.17, 15) is 14.3 Å². The first kappa shape index (κ1) is 17.6. The van der Waals surface area contributed by atoms with Gasteiger partial charge in [0.25, 0.3) is 5.91 Å². The molecule has 132 valence electrons. The molecule has 0 unspecified atom stereocenters. The summed E-state index contributed by atoms with van der Waals surface area (Å²) in [5.74, 6) is -0.602. The van der Waals surface area contributed by atoms with Gasteiger partial charge in [0, 0.05) is 37.2 Å². The molecular formula is C18H24ClFN2O2. The van der Waals surface area contributed by atoms with Crippen molar-refractivity contribution in [3.05, 3.63) is 34.6 Å². The molecule has 24 heavy (non-hydrogen) atoms. The first-order valence-electron chi connectivity index (χ1n) is 8.66. The molecule has 2 heterocycles. The highest BCUT2D eigenvalue weighted by atomic mass is 35.5. The molecule has 2 aliphatic heterocycles. The van der Waals surface area contributed by atoms with Crippen molar-refractivity contribution in [1.29, 1.82) is 0 Å². The van der Waals surface area contributed by atoms with Crippen LogP contribution in [0.25, 0.3) is 0 Å². The van der Waals surface area contributed by atoms with Gasteiger partial charge in [0.15, 0.2) is 0 Å². The molecule has 1 amide bonds. The summed E-state index contributed by atoms with van der Waals surface area (Å²) in [6.07, 6.45) is 3.72. The molecule has 4 nitrogen and oxygen atoms in total. The van der Waals surface area contributed by atoms with E-state index in [0.717, 1.165) is 19.6 Å². The van der Waals surface area contributed by atoms with Gasteiger partial charge in [0.05, 0.1) is 5.56 Å². The quantitative estimate of drug-likeness (QED) is 0.904. The Morgan fingerprint density at radius 1 is 1.21 bits per heavy atom. The van der Waals surface area contributed by atoms with Crippen molar-refractivity contribution in [2.75, 3.05) is 39.3 Å². The molecule has 2 saturated heterocycles. The van der Waals surface area contributed by atoms with Crippen LogP contribution < -0.4 is 0 Å². The molecule has 6 heteroatoms. The van der Waals surface area contributed by atoms with Crippen molar-refractivity contribution >= 4 is 17.5 Å². The smallest absolute Gasteiger partial charge is 0.256 e. The summed E-state index contributed by atoms with van der Waals surface area (Å²) in [7, 11) is 0. The van der Waals surface area contributed by atoms with E-state index in [1.165, 1.54) is 37.5 Å². The Labute approximate surface area is 147 Å². The highest BCUT2D eigenvalue weighted by molar-refractivity contribution is 6.30. The van der Waals surface area contributed by atoms with Gasteiger partial charge in [0.2, 0.25) is 0 Å². The highest BCUT2D eigenvalue weighted by Gasteiger charge is 2.36. The number of rotatable bonds is 4. The minimum atomic E-state index is -0.590. The van der Waals surface area contributed by atoms with Gasteiger partial charge in [0.1, 0.15) is 5.82 Å². The number of nitrogens with zero attached hydrogens (tertiary/aromatic N) is 2. The van der Waals surface area contributed by atoms with Crippen molar-refractivity contribution in [2.45, 2.75) is 19.3 Å². The summed E-state index contributed by atoms with van der Waals surface area (Å²) in [6.45, 7) is 4.20. The van der Waals surface area contributed by atoms with E-state index < -0.39 is 5.82 Å². The Hall–Kier alpha value is -1.17. The minimum Gasteiger partial charge on any atom is -0.396 e. The molecule has 0 aliphatic carbocycles. The lowest BCUT2D eigenvalue weighted by Gasteiger charge is -2.30. The molecular weight excluding hydrogens is 331 g/mol. The van der Waals surface area contributed by atoms with E-state index in [0.29, 0.717) is 13.1 Å². The summed E-state index contributed by atoms with van der Waals surface area (Å²) >= 11 is 5.76. The lowest BCUT2D eigenvalue weighted by Crippen LogP contribution is -2.37. The van der Waals surface area contributed by atoms with Gasteiger partial charge in [-0.05, 0) is 50.0 Å². The second kappa shape index (κ2) is 7.81. The number of carbonyl (C=O) groups is 1. The Bertz CT molecular complexity index is 592. The second-order valence-corrected chi connectivity index (χ2v) is 7.33. The van der Waals surface area contributed by atoms with Crippen LogP contribution in [0.1, 0.15) is 29.6 Å². The van der Waals surface area contributed by atoms with E-state index in [-0.39, 0.29) is 34.9 Å². The fourth-order valence-electron chi connectivity index (χ4n) is 3.83. The van der Waals surface area contributed by atoms with Crippen LogP contribution in [0.2, 0.25) is 5.02 Å². The summed E-state index contributed by atoms with van der Waals surface area (Å²) in [4.78, 5) is 16.7. The van der Waals surface area contributed by atoms with E-state index in [1.54, 1.807) is 4.90 Å². The van der Waals surface area contributed by atoms with Crippen LogP contribution in [-0.2, 0) is 0 Å². The predicted octanol–water partition coefficient (Wildman–Crippen LogP) is 2.65. The van der Waals surface area contributed by atoms with E-state index in [1.807, 2.05) is 0 Å². The maximum atomic E-state index is 14.0. The first-order valence-corrected chi connectivity index (χ1v) is 9.04. The van der Waals surface area contributed by atoms with Gasteiger partial charge in [-0.3, -0.25) is 4.79 Å². The van der Waals surface area contributed by atoms with E-state index in [4.69, 9.17) is 11.6 Å². The molecule has 0 radical (unpaired) electrons. The van der Waals surface area contributed by atoms with Crippen molar-refractivity contribution < 1.29 is 14.3 Å². The number of aliphatic hydroxyl groups is 1. The maximum Gasteiger partial charge on any atom is 0.256 e. The molecule has 2 atom stereocenters. The third-order valence-electron chi connectivity index (χ3n) is 5.20. The topological polar surface area (TPSA) is 43.8 Å². The van der Waals surface area contributed by atoms with Gasteiger partial charge in [-0.25, -0.2) is 4.39 Å². The lowest BCUT2D eigenvalue weighted by molar-refractivity contribution is 0.0774. The molecule has 0 saturated carbocycles. The molecule has 3 rings (SSSR count). The zero-order chi connectivity index (χ0) is 17.1. The number of piperidine rings is 1. The number of likely N-dealkylation sites (tertiary alicyclic amines) is 2.